The molecule has 0 spiro atoms. The topological polar surface area (TPSA) is 9.23 Å². The van der Waals surface area contributed by atoms with Crippen LogP contribution < -0.4 is 4.74 Å². The molecule has 132 valence electrons. The molecule has 25 heavy (non-hydrogen) atoms. The minimum absolute atomic E-state index is 0.362. The lowest BCUT2D eigenvalue weighted by Crippen LogP contribution is -2.09. The van der Waals surface area contributed by atoms with Gasteiger partial charge in [-0.25, -0.2) is 8.78 Å². The van der Waals surface area contributed by atoms with Gasteiger partial charge in [0.1, 0.15) is 5.75 Å². The van der Waals surface area contributed by atoms with E-state index in [4.69, 9.17) is 4.74 Å². The van der Waals surface area contributed by atoms with Crippen molar-refractivity contribution in [3.05, 3.63) is 76.9 Å². The number of rotatable bonds is 5. The number of aryl methyl sites for hydroxylation is 2. The molecule has 1 aliphatic rings. The van der Waals surface area contributed by atoms with Crippen LogP contribution in [0.3, 0.4) is 0 Å². The molecule has 3 heteroatoms. The molecule has 2 aromatic rings. The summed E-state index contributed by atoms with van der Waals surface area (Å²) in [4.78, 5) is 0. The number of halogens is 2. The fourth-order valence-electron chi connectivity index (χ4n) is 3.47. The molecule has 2 aromatic carbocycles. The maximum absolute atomic E-state index is 14.0. The molecule has 1 aliphatic carbocycles. The van der Waals surface area contributed by atoms with Crippen LogP contribution in [0.25, 0.3) is 0 Å². The van der Waals surface area contributed by atoms with E-state index in [1.165, 1.54) is 5.56 Å². The van der Waals surface area contributed by atoms with Gasteiger partial charge in [0, 0.05) is 5.92 Å². The predicted octanol–water partition coefficient (Wildman–Crippen LogP) is 5.96. The fraction of sp³-hybridized carbons (Fsp3) is 0.364. The second kappa shape index (κ2) is 7.81. The first kappa shape index (κ1) is 17.7. The molecule has 2 atom stereocenters. The molecule has 0 amide bonds. The van der Waals surface area contributed by atoms with Gasteiger partial charge in [0.25, 0.3) is 0 Å². The Labute approximate surface area is 148 Å². The summed E-state index contributed by atoms with van der Waals surface area (Å²) in [7, 11) is 1.67. The molecule has 0 aromatic heterocycles. The highest BCUT2D eigenvalue weighted by molar-refractivity contribution is 5.32. The summed E-state index contributed by atoms with van der Waals surface area (Å²) in [5.41, 5.74) is 2.14. The van der Waals surface area contributed by atoms with Crippen molar-refractivity contribution >= 4 is 0 Å². The van der Waals surface area contributed by atoms with Crippen molar-refractivity contribution in [3.8, 4) is 5.75 Å². The van der Waals surface area contributed by atoms with Crippen molar-refractivity contribution in [1.82, 2.24) is 0 Å². The van der Waals surface area contributed by atoms with E-state index in [0.717, 1.165) is 25.0 Å². The van der Waals surface area contributed by atoms with Gasteiger partial charge in [0.05, 0.1) is 7.11 Å². The first-order valence-electron chi connectivity index (χ1n) is 8.84. The highest BCUT2D eigenvalue weighted by Crippen LogP contribution is 2.33. The normalized spacial score (nSPS) is 19.8. The lowest BCUT2D eigenvalue weighted by molar-refractivity contribution is 0.414. The highest BCUT2D eigenvalue weighted by atomic mass is 19.2. The zero-order valence-corrected chi connectivity index (χ0v) is 14.8. The number of allylic oxidation sites excluding steroid dienone is 2. The van der Waals surface area contributed by atoms with Crippen molar-refractivity contribution in [2.75, 3.05) is 7.11 Å². The Kier molecular flexibility index (Phi) is 5.52. The molecule has 1 nitrogen and oxygen atoms in total. The van der Waals surface area contributed by atoms with Gasteiger partial charge < -0.3 is 4.74 Å². The van der Waals surface area contributed by atoms with Gasteiger partial charge in [-0.2, -0.15) is 0 Å². The van der Waals surface area contributed by atoms with E-state index in [0.29, 0.717) is 29.4 Å². The zero-order valence-electron chi connectivity index (χ0n) is 14.8. The Morgan fingerprint density at radius 2 is 1.72 bits per heavy atom. The fourth-order valence-corrected chi connectivity index (χ4v) is 3.47. The summed E-state index contributed by atoms with van der Waals surface area (Å²) in [5, 5.41) is 0. The van der Waals surface area contributed by atoms with Crippen LogP contribution in [-0.2, 0) is 6.42 Å². The van der Waals surface area contributed by atoms with Gasteiger partial charge in [-0.05, 0) is 67.3 Å². The first-order chi connectivity index (χ1) is 12.1. The van der Waals surface area contributed by atoms with E-state index in [9.17, 15) is 8.78 Å². The summed E-state index contributed by atoms with van der Waals surface area (Å²) < 4.78 is 32.8. The standard InChI is InChI=1S/C22H24F2O/c1-15-3-7-19(22(24)21(15)23)10-6-16-4-8-17(9-5-16)18-11-13-20(25-2)14-12-18/h3-4,7-8,11-14,16-17H,5-6,9-10H2,1-2H3. The molecule has 0 bridgehead atoms. The van der Waals surface area contributed by atoms with Crippen molar-refractivity contribution in [2.24, 2.45) is 5.92 Å². The summed E-state index contributed by atoms with van der Waals surface area (Å²) in [6.07, 6.45) is 8.07. The molecule has 0 heterocycles. The third-order valence-corrected chi connectivity index (χ3v) is 5.15. The lowest BCUT2D eigenvalue weighted by Gasteiger charge is -2.23. The zero-order chi connectivity index (χ0) is 17.8. The van der Waals surface area contributed by atoms with Gasteiger partial charge in [0.15, 0.2) is 11.6 Å². The molecular weight excluding hydrogens is 318 g/mol. The third kappa shape index (κ3) is 4.09. The van der Waals surface area contributed by atoms with Crippen molar-refractivity contribution in [3.63, 3.8) is 0 Å². The number of benzene rings is 2. The number of methoxy groups -OCH3 is 1. The Morgan fingerprint density at radius 3 is 2.36 bits per heavy atom. The molecule has 0 saturated heterocycles. The second-order valence-corrected chi connectivity index (χ2v) is 6.81. The quantitative estimate of drug-likeness (QED) is 0.609. The second-order valence-electron chi connectivity index (χ2n) is 6.81. The van der Waals surface area contributed by atoms with Gasteiger partial charge in [0.2, 0.25) is 0 Å². The highest BCUT2D eigenvalue weighted by Gasteiger charge is 2.18. The minimum Gasteiger partial charge on any atom is -0.497 e. The number of hydrogen-bond acceptors (Lipinski definition) is 1. The summed E-state index contributed by atoms with van der Waals surface area (Å²) in [6, 6.07) is 11.6. The summed E-state index contributed by atoms with van der Waals surface area (Å²) >= 11 is 0. The maximum atomic E-state index is 14.0. The third-order valence-electron chi connectivity index (χ3n) is 5.15. The average Bonchev–Trinajstić information content (AvgIpc) is 2.66. The molecule has 0 fully saturated rings. The monoisotopic (exact) mass is 342 g/mol. The van der Waals surface area contributed by atoms with Crippen LogP contribution in [0.5, 0.6) is 5.75 Å². The van der Waals surface area contributed by atoms with Crippen molar-refractivity contribution in [2.45, 2.75) is 38.5 Å². The first-order valence-corrected chi connectivity index (χ1v) is 8.84. The van der Waals surface area contributed by atoms with E-state index in [2.05, 4.69) is 24.3 Å². The molecule has 0 N–H and O–H groups in total. The predicted molar refractivity (Wildman–Crippen MR) is 97.0 cm³/mol. The van der Waals surface area contributed by atoms with E-state index in [1.807, 2.05) is 12.1 Å². The molecule has 0 radical (unpaired) electrons. The van der Waals surface area contributed by atoms with Crippen molar-refractivity contribution < 1.29 is 13.5 Å². The van der Waals surface area contributed by atoms with Crippen LogP contribution in [-0.4, -0.2) is 7.11 Å². The SMILES string of the molecule is COc1ccc(C2C=CC(CCc3ccc(C)c(F)c3F)CC2)cc1. The van der Waals surface area contributed by atoms with Gasteiger partial charge >= 0.3 is 0 Å². The van der Waals surface area contributed by atoms with E-state index in [1.54, 1.807) is 26.2 Å². The van der Waals surface area contributed by atoms with E-state index >= 15 is 0 Å². The van der Waals surface area contributed by atoms with Gasteiger partial charge in [-0.15, -0.1) is 0 Å². The van der Waals surface area contributed by atoms with Crippen LogP contribution in [0, 0.1) is 24.5 Å². The molecular formula is C22H24F2O. The Morgan fingerprint density at radius 1 is 0.960 bits per heavy atom. The maximum Gasteiger partial charge on any atom is 0.162 e. The van der Waals surface area contributed by atoms with E-state index < -0.39 is 11.6 Å². The minimum atomic E-state index is -0.712. The molecule has 0 saturated carbocycles. The number of ether oxygens (including phenoxy) is 1. The molecule has 3 rings (SSSR count). The smallest absolute Gasteiger partial charge is 0.162 e. The van der Waals surface area contributed by atoms with Crippen molar-refractivity contribution in [1.29, 1.82) is 0 Å². The Hall–Kier alpha value is -2.16. The average molecular weight is 342 g/mol. The molecule has 0 aliphatic heterocycles. The van der Waals surface area contributed by atoms with Crippen LogP contribution >= 0.6 is 0 Å². The van der Waals surface area contributed by atoms with Gasteiger partial charge in [-0.1, -0.05) is 36.4 Å². The Bertz CT molecular complexity index is 749. The van der Waals surface area contributed by atoms with Crippen LogP contribution in [0.15, 0.2) is 48.6 Å². The summed E-state index contributed by atoms with van der Waals surface area (Å²) in [5.74, 6) is 0.329. The Balaban J connectivity index is 1.58. The number of hydrogen-bond donors (Lipinski definition) is 0. The summed E-state index contributed by atoms with van der Waals surface area (Å²) in [6.45, 7) is 1.59. The van der Waals surface area contributed by atoms with Crippen LogP contribution in [0.2, 0.25) is 0 Å². The van der Waals surface area contributed by atoms with E-state index in [-0.39, 0.29) is 0 Å². The van der Waals surface area contributed by atoms with Crippen LogP contribution in [0.4, 0.5) is 8.78 Å². The van der Waals surface area contributed by atoms with Gasteiger partial charge in [-0.3, -0.25) is 0 Å². The van der Waals surface area contributed by atoms with Crippen LogP contribution in [0.1, 0.15) is 41.9 Å². The molecule has 2 unspecified atom stereocenters. The lowest BCUT2D eigenvalue weighted by atomic mass is 9.82. The largest absolute Gasteiger partial charge is 0.497 e.